The van der Waals surface area contributed by atoms with Gasteiger partial charge in [0.1, 0.15) is 0 Å². The van der Waals surface area contributed by atoms with Crippen molar-refractivity contribution in [2.45, 2.75) is 0 Å². The van der Waals surface area contributed by atoms with Gasteiger partial charge in [-0.25, -0.2) is 5.48 Å². The second-order valence-electron chi connectivity index (χ2n) is 3.08. The van der Waals surface area contributed by atoms with Gasteiger partial charge in [0.25, 0.3) is 5.91 Å². The van der Waals surface area contributed by atoms with Crippen molar-refractivity contribution in [1.29, 1.82) is 0 Å². The van der Waals surface area contributed by atoms with E-state index in [-0.39, 0.29) is 5.69 Å². The fourth-order valence-electron chi connectivity index (χ4n) is 1.27. The summed E-state index contributed by atoms with van der Waals surface area (Å²) in [4.78, 5) is 15.8. The van der Waals surface area contributed by atoms with E-state index in [1.165, 1.54) is 7.11 Å². The maximum atomic E-state index is 11.3. The molecule has 0 saturated carbocycles. The Hall–Kier alpha value is -2.14. The predicted molar refractivity (Wildman–Crippen MR) is 56.4 cm³/mol. The molecule has 1 heterocycles. The molecule has 1 aromatic heterocycles. The van der Waals surface area contributed by atoms with E-state index in [0.29, 0.717) is 5.76 Å². The molecule has 16 heavy (non-hydrogen) atoms. The number of amides is 1. The van der Waals surface area contributed by atoms with Crippen molar-refractivity contribution in [1.82, 2.24) is 10.6 Å². The molecule has 82 valence electrons. The maximum absolute atomic E-state index is 11.3. The van der Waals surface area contributed by atoms with Crippen LogP contribution in [0.2, 0.25) is 0 Å². The Morgan fingerprint density at radius 3 is 2.81 bits per heavy atom. The first-order valence-corrected chi connectivity index (χ1v) is 4.66. The second-order valence-corrected chi connectivity index (χ2v) is 3.08. The van der Waals surface area contributed by atoms with Crippen LogP contribution in [0.3, 0.4) is 0 Å². The zero-order chi connectivity index (χ0) is 11.4. The molecule has 1 N–H and O–H groups in total. The van der Waals surface area contributed by atoms with E-state index in [0.717, 1.165) is 5.56 Å². The normalized spacial score (nSPS) is 10.1. The van der Waals surface area contributed by atoms with Crippen molar-refractivity contribution < 1.29 is 14.2 Å². The van der Waals surface area contributed by atoms with Gasteiger partial charge >= 0.3 is 0 Å². The summed E-state index contributed by atoms with van der Waals surface area (Å²) in [6.07, 6.45) is 0. The standard InChI is InChI=1S/C11H10N2O3/c1-15-13-11(14)9-7-10(16-12-9)8-5-3-2-4-6-8/h2-7H,1H3,(H,13,14). The third-order valence-corrected chi connectivity index (χ3v) is 2.00. The average molecular weight is 218 g/mol. The van der Waals surface area contributed by atoms with Crippen LogP contribution in [0, 0.1) is 0 Å². The molecular formula is C11H10N2O3. The molecule has 2 aromatic rings. The smallest absolute Gasteiger partial charge is 0.297 e. The van der Waals surface area contributed by atoms with Crippen LogP contribution >= 0.6 is 0 Å². The lowest BCUT2D eigenvalue weighted by atomic mass is 10.2. The van der Waals surface area contributed by atoms with E-state index < -0.39 is 5.91 Å². The Morgan fingerprint density at radius 2 is 2.12 bits per heavy atom. The minimum atomic E-state index is -0.437. The summed E-state index contributed by atoms with van der Waals surface area (Å²) in [5.41, 5.74) is 3.21. The lowest BCUT2D eigenvalue weighted by Gasteiger charge is -1.95. The number of aromatic nitrogens is 1. The summed E-state index contributed by atoms with van der Waals surface area (Å²) in [5.74, 6) is 0.107. The highest BCUT2D eigenvalue weighted by Crippen LogP contribution is 2.19. The van der Waals surface area contributed by atoms with Crippen LogP contribution in [0.15, 0.2) is 40.9 Å². The molecular weight excluding hydrogens is 208 g/mol. The van der Waals surface area contributed by atoms with Gasteiger partial charge in [-0.2, -0.15) is 0 Å². The Balaban J connectivity index is 2.23. The third-order valence-electron chi connectivity index (χ3n) is 2.00. The third kappa shape index (κ3) is 2.09. The van der Waals surface area contributed by atoms with Crippen molar-refractivity contribution in [3.8, 4) is 11.3 Å². The fourth-order valence-corrected chi connectivity index (χ4v) is 1.27. The highest BCUT2D eigenvalue weighted by atomic mass is 16.6. The first-order chi connectivity index (χ1) is 7.81. The quantitative estimate of drug-likeness (QED) is 0.795. The van der Waals surface area contributed by atoms with Gasteiger partial charge in [0.2, 0.25) is 0 Å². The van der Waals surface area contributed by atoms with Crippen LogP contribution in [0.5, 0.6) is 0 Å². The number of carbonyl (C=O) groups is 1. The minimum absolute atomic E-state index is 0.181. The zero-order valence-corrected chi connectivity index (χ0v) is 8.64. The maximum Gasteiger partial charge on any atom is 0.297 e. The molecule has 0 spiro atoms. The Bertz CT molecular complexity index is 479. The molecule has 1 amide bonds. The molecule has 5 heteroatoms. The van der Waals surface area contributed by atoms with Gasteiger partial charge in [0, 0.05) is 11.6 Å². The van der Waals surface area contributed by atoms with Crippen molar-refractivity contribution in [3.05, 3.63) is 42.1 Å². The number of benzene rings is 1. The summed E-state index contributed by atoms with van der Waals surface area (Å²) in [5, 5.41) is 3.64. The van der Waals surface area contributed by atoms with Crippen molar-refractivity contribution in [3.63, 3.8) is 0 Å². The van der Waals surface area contributed by atoms with E-state index in [1.54, 1.807) is 6.07 Å². The number of hydrogen-bond donors (Lipinski definition) is 1. The molecule has 0 aliphatic rings. The van der Waals surface area contributed by atoms with Gasteiger partial charge in [-0.15, -0.1) is 0 Å². The number of rotatable bonds is 3. The molecule has 0 bridgehead atoms. The van der Waals surface area contributed by atoms with Gasteiger partial charge in [0.05, 0.1) is 7.11 Å². The van der Waals surface area contributed by atoms with Gasteiger partial charge < -0.3 is 4.52 Å². The molecule has 0 fully saturated rings. The van der Waals surface area contributed by atoms with Crippen LogP contribution in [-0.2, 0) is 4.84 Å². The van der Waals surface area contributed by atoms with E-state index in [9.17, 15) is 4.79 Å². The Kier molecular flexibility index (Phi) is 2.98. The van der Waals surface area contributed by atoms with Crippen molar-refractivity contribution in [2.24, 2.45) is 0 Å². The van der Waals surface area contributed by atoms with Crippen LogP contribution in [0.4, 0.5) is 0 Å². The van der Waals surface area contributed by atoms with Gasteiger partial charge in [-0.3, -0.25) is 9.63 Å². The summed E-state index contributed by atoms with van der Waals surface area (Å²) >= 11 is 0. The molecule has 0 radical (unpaired) electrons. The summed E-state index contributed by atoms with van der Waals surface area (Å²) in [7, 11) is 1.36. The van der Waals surface area contributed by atoms with E-state index >= 15 is 0 Å². The molecule has 0 atom stereocenters. The van der Waals surface area contributed by atoms with Crippen molar-refractivity contribution in [2.75, 3.05) is 7.11 Å². The Labute approximate surface area is 92.0 Å². The first kappa shape index (κ1) is 10.4. The molecule has 0 aliphatic heterocycles. The SMILES string of the molecule is CONC(=O)c1cc(-c2ccccc2)on1. The number of hydrogen-bond acceptors (Lipinski definition) is 4. The molecule has 1 aromatic carbocycles. The highest BCUT2D eigenvalue weighted by Gasteiger charge is 2.12. The average Bonchev–Trinajstić information content (AvgIpc) is 2.80. The highest BCUT2D eigenvalue weighted by molar-refractivity contribution is 5.92. The first-order valence-electron chi connectivity index (χ1n) is 4.66. The van der Waals surface area contributed by atoms with Gasteiger partial charge in [0.15, 0.2) is 11.5 Å². The molecule has 0 unspecified atom stereocenters. The monoisotopic (exact) mass is 218 g/mol. The molecule has 0 aliphatic carbocycles. The number of carbonyl (C=O) groups excluding carboxylic acids is 1. The van der Waals surface area contributed by atoms with Crippen LogP contribution in [-0.4, -0.2) is 18.2 Å². The van der Waals surface area contributed by atoms with E-state index in [2.05, 4.69) is 15.5 Å². The predicted octanol–water partition coefficient (Wildman–Crippen LogP) is 1.63. The largest absolute Gasteiger partial charge is 0.355 e. The van der Waals surface area contributed by atoms with Crippen LogP contribution in [0.25, 0.3) is 11.3 Å². The molecule has 0 saturated heterocycles. The second kappa shape index (κ2) is 4.59. The summed E-state index contributed by atoms with van der Waals surface area (Å²) in [6, 6.07) is 11.0. The molecule has 5 nitrogen and oxygen atoms in total. The van der Waals surface area contributed by atoms with Gasteiger partial charge in [-0.05, 0) is 0 Å². The summed E-state index contributed by atoms with van der Waals surface area (Å²) < 4.78 is 5.05. The minimum Gasteiger partial charge on any atom is -0.355 e. The molecule has 2 rings (SSSR count). The van der Waals surface area contributed by atoms with Crippen molar-refractivity contribution >= 4 is 5.91 Å². The number of hydroxylamine groups is 1. The van der Waals surface area contributed by atoms with Crippen LogP contribution in [0.1, 0.15) is 10.5 Å². The van der Waals surface area contributed by atoms with E-state index in [1.807, 2.05) is 30.3 Å². The lowest BCUT2D eigenvalue weighted by molar-refractivity contribution is 0.0528. The van der Waals surface area contributed by atoms with Crippen LogP contribution < -0.4 is 5.48 Å². The fraction of sp³-hybridized carbons (Fsp3) is 0.0909. The Morgan fingerprint density at radius 1 is 1.38 bits per heavy atom. The topological polar surface area (TPSA) is 64.4 Å². The van der Waals surface area contributed by atoms with E-state index in [4.69, 9.17) is 4.52 Å². The number of nitrogens with zero attached hydrogens (tertiary/aromatic N) is 1. The van der Waals surface area contributed by atoms with Gasteiger partial charge in [-0.1, -0.05) is 35.5 Å². The number of nitrogens with one attached hydrogen (secondary N) is 1. The lowest BCUT2D eigenvalue weighted by Crippen LogP contribution is -2.21. The summed E-state index contributed by atoms with van der Waals surface area (Å²) in [6.45, 7) is 0. The zero-order valence-electron chi connectivity index (χ0n) is 8.64.